The van der Waals surface area contributed by atoms with Crippen LogP contribution in [0.25, 0.3) is 0 Å². The Morgan fingerprint density at radius 1 is 1.19 bits per heavy atom. The first-order valence-corrected chi connectivity index (χ1v) is 9.16. The SMILES string of the molecule is COc1ccc(CCNC(=O)NC2CCN(C(=O)c3ccco3)CC2)cc1. The lowest BCUT2D eigenvalue weighted by atomic mass is 10.0. The van der Waals surface area contributed by atoms with Gasteiger partial charge in [0.05, 0.1) is 13.4 Å². The van der Waals surface area contributed by atoms with Crippen LogP contribution in [-0.4, -0.2) is 49.6 Å². The van der Waals surface area contributed by atoms with E-state index in [1.54, 1.807) is 24.1 Å². The first kappa shape index (κ1) is 18.8. The highest BCUT2D eigenvalue weighted by Gasteiger charge is 2.25. The molecule has 0 atom stereocenters. The van der Waals surface area contributed by atoms with E-state index in [0.717, 1.165) is 30.6 Å². The standard InChI is InChI=1S/C20H25N3O4/c1-26-17-6-4-15(5-7-17)8-11-21-20(25)22-16-9-12-23(13-10-16)19(24)18-3-2-14-27-18/h2-7,14,16H,8-13H2,1H3,(H2,21,22,25). The number of hydrogen-bond acceptors (Lipinski definition) is 4. The quantitative estimate of drug-likeness (QED) is 0.817. The highest BCUT2D eigenvalue weighted by atomic mass is 16.5. The molecule has 3 rings (SSSR count). The fourth-order valence-electron chi connectivity index (χ4n) is 3.13. The average molecular weight is 371 g/mol. The molecule has 0 bridgehead atoms. The molecule has 3 amide bonds. The summed E-state index contributed by atoms with van der Waals surface area (Å²) in [5, 5.41) is 5.87. The minimum atomic E-state index is -0.167. The lowest BCUT2D eigenvalue weighted by molar-refractivity contribution is 0.0676. The molecule has 1 aliphatic rings. The van der Waals surface area contributed by atoms with Crippen molar-refractivity contribution in [3.63, 3.8) is 0 Å². The number of likely N-dealkylation sites (tertiary alicyclic amines) is 1. The highest BCUT2D eigenvalue weighted by Crippen LogP contribution is 2.14. The maximum atomic E-state index is 12.2. The normalized spacial score (nSPS) is 14.6. The third-order valence-corrected chi connectivity index (χ3v) is 4.71. The zero-order valence-electron chi connectivity index (χ0n) is 15.4. The molecule has 2 heterocycles. The van der Waals surface area contributed by atoms with Gasteiger partial charge in [0.2, 0.25) is 0 Å². The molecular weight excluding hydrogens is 346 g/mol. The highest BCUT2D eigenvalue weighted by molar-refractivity contribution is 5.91. The summed E-state index contributed by atoms with van der Waals surface area (Å²) in [5.74, 6) is 1.08. The summed E-state index contributed by atoms with van der Waals surface area (Å²) >= 11 is 0. The maximum absolute atomic E-state index is 12.2. The Morgan fingerprint density at radius 2 is 1.93 bits per heavy atom. The van der Waals surface area contributed by atoms with E-state index in [9.17, 15) is 9.59 Å². The molecule has 1 aromatic carbocycles. The minimum absolute atomic E-state index is 0.0756. The molecule has 2 N–H and O–H groups in total. The Bertz CT molecular complexity index is 735. The fraction of sp³-hybridized carbons (Fsp3) is 0.400. The van der Waals surface area contributed by atoms with Crippen LogP contribution < -0.4 is 15.4 Å². The number of furan rings is 1. The molecule has 144 valence electrons. The van der Waals surface area contributed by atoms with Gasteiger partial charge in [-0.25, -0.2) is 4.79 Å². The largest absolute Gasteiger partial charge is 0.497 e. The summed E-state index contributed by atoms with van der Waals surface area (Å²) in [5.41, 5.74) is 1.14. The van der Waals surface area contributed by atoms with E-state index in [0.29, 0.717) is 25.4 Å². The summed E-state index contributed by atoms with van der Waals surface area (Å²) in [4.78, 5) is 26.1. The van der Waals surface area contributed by atoms with E-state index >= 15 is 0 Å². The van der Waals surface area contributed by atoms with Gasteiger partial charge in [-0.15, -0.1) is 0 Å². The summed E-state index contributed by atoms with van der Waals surface area (Å²) in [6, 6.07) is 11.1. The van der Waals surface area contributed by atoms with Crippen LogP contribution in [0.1, 0.15) is 29.0 Å². The minimum Gasteiger partial charge on any atom is -0.497 e. The van der Waals surface area contributed by atoms with E-state index in [4.69, 9.17) is 9.15 Å². The number of carbonyl (C=O) groups excluding carboxylic acids is 2. The summed E-state index contributed by atoms with van der Waals surface area (Å²) in [7, 11) is 1.64. The molecular formula is C20H25N3O4. The Hall–Kier alpha value is -2.96. The molecule has 27 heavy (non-hydrogen) atoms. The van der Waals surface area contributed by atoms with Crippen molar-refractivity contribution >= 4 is 11.9 Å². The second kappa shape index (κ2) is 9.12. The van der Waals surface area contributed by atoms with Crippen molar-refractivity contribution in [1.29, 1.82) is 0 Å². The lowest BCUT2D eigenvalue weighted by Gasteiger charge is -2.31. The second-order valence-corrected chi connectivity index (χ2v) is 6.54. The van der Waals surface area contributed by atoms with Crippen molar-refractivity contribution in [2.24, 2.45) is 0 Å². The van der Waals surface area contributed by atoms with Crippen LogP contribution in [0.3, 0.4) is 0 Å². The van der Waals surface area contributed by atoms with E-state index < -0.39 is 0 Å². The second-order valence-electron chi connectivity index (χ2n) is 6.54. The number of nitrogens with one attached hydrogen (secondary N) is 2. The van der Waals surface area contributed by atoms with Crippen molar-refractivity contribution in [3.05, 3.63) is 54.0 Å². The number of hydrogen-bond donors (Lipinski definition) is 2. The number of ether oxygens (including phenoxy) is 1. The smallest absolute Gasteiger partial charge is 0.315 e. The fourth-order valence-corrected chi connectivity index (χ4v) is 3.13. The van der Waals surface area contributed by atoms with Crippen LogP contribution in [0, 0.1) is 0 Å². The molecule has 0 spiro atoms. The molecule has 1 fully saturated rings. The van der Waals surface area contributed by atoms with Gasteiger partial charge in [-0.1, -0.05) is 12.1 Å². The summed E-state index contributed by atoms with van der Waals surface area (Å²) in [6.07, 6.45) is 3.72. The Kier molecular flexibility index (Phi) is 6.35. The predicted octanol–water partition coefficient (Wildman–Crippen LogP) is 2.43. The first-order chi connectivity index (χ1) is 13.2. The number of methoxy groups -OCH3 is 1. The Labute approximate surface area is 158 Å². The van der Waals surface area contributed by atoms with E-state index in [2.05, 4.69) is 10.6 Å². The number of amides is 3. The monoisotopic (exact) mass is 371 g/mol. The topological polar surface area (TPSA) is 83.8 Å². The number of carbonyl (C=O) groups is 2. The number of urea groups is 1. The van der Waals surface area contributed by atoms with Crippen molar-refractivity contribution < 1.29 is 18.7 Å². The van der Waals surface area contributed by atoms with Gasteiger partial charge in [-0.2, -0.15) is 0 Å². The van der Waals surface area contributed by atoms with Gasteiger partial charge in [0.15, 0.2) is 5.76 Å². The molecule has 1 saturated heterocycles. The van der Waals surface area contributed by atoms with Crippen LogP contribution >= 0.6 is 0 Å². The van der Waals surface area contributed by atoms with Gasteiger partial charge in [0.1, 0.15) is 5.75 Å². The average Bonchev–Trinajstić information content (AvgIpc) is 3.23. The van der Waals surface area contributed by atoms with Crippen LogP contribution in [0.2, 0.25) is 0 Å². The number of piperidine rings is 1. The van der Waals surface area contributed by atoms with Crippen molar-refractivity contribution in [2.45, 2.75) is 25.3 Å². The van der Waals surface area contributed by atoms with Gasteiger partial charge in [0.25, 0.3) is 5.91 Å². The van der Waals surface area contributed by atoms with Gasteiger partial charge in [-0.05, 0) is 49.1 Å². The van der Waals surface area contributed by atoms with E-state index in [1.807, 2.05) is 24.3 Å². The van der Waals surface area contributed by atoms with Crippen molar-refractivity contribution in [1.82, 2.24) is 15.5 Å². The number of nitrogens with zero attached hydrogens (tertiary/aromatic N) is 1. The Morgan fingerprint density at radius 3 is 2.56 bits per heavy atom. The molecule has 0 aliphatic carbocycles. The first-order valence-electron chi connectivity index (χ1n) is 9.16. The van der Waals surface area contributed by atoms with Crippen molar-refractivity contribution in [2.75, 3.05) is 26.7 Å². The maximum Gasteiger partial charge on any atom is 0.315 e. The zero-order valence-corrected chi connectivity index (χ0v) is 15.4. The van der Waals surface area contributed by atoms with Crippen LogP contribution in [-0.2, 0) is 6.42 Å². The lowest BCUT2D eigenvalue weighted by Crippen LogP contribution is -2.49. The van der Waals surface area contributed by atoms with Gasteiger partial charge in [-0.3, -0.25) is 4.79 Å². The molecule has 7 nitrogen and oxygen atoms in total. The Balaban J connectivity index is 1.35. The predicted molar refractivity (Wildman–Crippen MR) is 101 cm³/mol. The molecule has 1 aliphatic heterocycles. The third-order valence-electron chi connectivity index (χ3n) is 4.71. The molecule has 7 heteroatoms. The molecule has 0 radical (unpaired) electrons. The van der Waals surface area contributed by atoms with E-state index in [1.165, 1.54) is 6.26 Å². The molecule has 0 unspecified atom stereocenters. The third kappa shape index (κ3) is 5.26. The van der Waals surface area contributed by atoms with Crippen LogP contribution in [0.4, 0.5) is 4.79 Å². The van der Waals surface area contributed by atoms with Gasteiger partial charge >= 0.3 is 6.03 Å². The van der Waals surface area contributed by atoms with Crippen LogP contribution in [0.15, 0.2) is 47.1 Å². The molecule has 2 aromatic rings. The van der Waals surface area contributed by atoms with Gasteiger partial charge < -0.3 is 24.7 Å². The van der Waals surface area contributed by atoms with E-state index in [-0.39, 0.29) is 18.0 Å². The number of rotatable bonds is 6. The summed E-state index contributed by atoms with van der Waals surface area (Å²) in [6.45, 7) is 1.78. The molecule has 1 aromatic heterocycles. The summed E-state index contributed by atoms with van der Waals surface area (Å²) < 4.78 is 10.3. The van der Waals surface area contributed by atoms with Crippen LogP contribution in [0.5, 0.6) is 5.75 Å². The van der Waals surface area contributed by atoms with Crippen molar-refractivity contribution in [3.8, 4) is 5.75 Å². The zero-order chi connectivity index (χ0) is 19.1. The molecule has 0 saturated carbocycles. The van der Waals surface area contributed by atoms with Gasteiger partial charge in [0, 0.05) is 25.7 Å². The number of benzene rings is 1.